The van der Waals surface area contributed by atoms with Gasteiger partial charge in [-0.25, -0.2) is 14.8 Å². The van der Waals surface area contributed by atoms with E-state index in [9.17, 15) is 4.79 Å². The lowest BCUT2D eigenvalue weighted by Gasteiger charge is -2.28. The van der Waals surface area contributed by atoms with Gasteiger partial charge in [-0.05, 0) is 49.5 Å². The number of anilines is 2. The van der Waals surface area contributed by atoms with Crippen LogP contribution < -0.4 is 11.1 Å². The Morgan fingerprint density at radius 3 is 3.00 bits per heavy atom. The van der Waals surface area contributed by atoms with Crippen LogP contribution in [-0.2, 0) is 4.74 Å². The number of likely N-dealkylation sites (tertiary alicyclic amines) is 1. The largest absolute Gasteiger partial charge is 0.444 e. The van der Waals surface area contributed by atoms with Crippen LogP contribution >= 0.6 is 15.9 Å². The van der Waals surface area contributed by atoms with E-state index in [2.05, 4.69) is 31.2 Å². The van der Waals surface area contributed by atoms with Crippen LogP contribution in [0.25, 0.3) is 0 Å². The molecular weight excluding hydrogens is 350 g/mol. The second-order valence-corrected chi connectivity index (χ2v) is 7.09. The molecule has 2 rings (SSSR count). The van der Waals surface area contributed by atoms with E-state index in [0.717, 1.165) is 12.8 Å². The molecule has 122 valence electrons. The number of rotatable bonds is 3. The van der Waals surface area contributed by atoms with E-state index in [1.807, 2.05) is 20.8 Å². The Morgan fingerprint density at radius 2 is 2.32 bits per heavy atom. The molecule has 2 heterocycles. The number of nitrogens with one attached hydrogen (secondary N) is 1. The Balaban J connectivity index is 1.97. The molecule has 1 atom stereocenters. The van der Waals surface area contributed by atoms with Crippen molar-refractivity contribution in [3.63, 3.8) is 0 Å². The van der Waals surface area contributed by atoms with Gasteiger partial charge in [0.15, 0.2) is 11.6 Å². The number of aromatic nitrogens is 2. The number of carbonyl (C=O) groups is 1. The van der Waals surface area contributed by atoms with Crippen molar-refractivity contribution >= 4 is 33.7 Å². The zero-order chi connectivity index (χ0) is 16.3. The Hall–Kier alpha value is -1.57. The molecule has 7 nitrogen and oxygen atoms in total. The van der Waals surface area contributed by atoms with Crippen molar-refractivity contribution in [1.82, 2.24) is 14.9 Å². The van der Waals surface area contributed by atoms with Crippen LogP contribution in [0.2, 0.25) is 0 Å². The maximum absolute atomic E-state index is 12.2. The first-order valence-corrected chi connectivity index (χ1v) is 8.07. The van der Waals surface area contributed by atoms with Crippen molar-refractivity contribution in [2.24, 2.45) is 0 Å². The SMILES string of the molecule is CC(C)(C)OC(=O)N1CCCC1CNc1nc(Br)cnc1N. The minimum Gasteiger partial charge on any atom is -0.444 e. The Labute approximate surface area is 138 Å². The minimum absolute atomic E-state index is 0.0648. The molecular formula is C14H22BrN5O2. The van der Waals surface area contributed by atoms with Crippen molar-refractivity contribution in [2.45, 2.75) is 45.3 Å². The van der Waals surface area contributed by atoms with Gasteiger partial charge in [0.05, 0.1) is 12.2 Å². The first-order chi connectivity index (χ1) is 10.3. The first kappa shape index (κ1) is 16.8. The molecule has 1 aliphatic rings. The van der Waals surface area contributed by atoms with E-state index in [0.29, 0.717) is 29.3 Å². The number of nitrogens with two attached hydrogens (primary N) is 1. The summed E-state index contributed by atoms with van der Waals surface area (Å²) in [6, 6.07) is 0.0648. The third-order valence-corrected chi connectivity index (χ3v) is 3.66. The summed E-state index contributed by atoms with van der Waals surface area (Å²) in [5, 5.41) is 3.17. The number of hydrogen-bond donors (Lipinski definition) is 2. The normalized spacial score (nSPS) is 18.4. The molecule has 1 unspecified atom stereocenters. The van der Waals surface area contributed by atoms with E-state index >= 15 is 0 Å². The van der Waals surface area contributed by atoms with Crippen molar-refractivity contribution in [3.05, 3.63) is 10.8 Å². The van der Waals surface area contributed by atoms with Crippen LogP contribution in [0.15, 0.2) is 10.8 Å². The van der Waals surface area contributed by atoms with E-state index in [4.69, 9.17) is 10.5 Å². The maximum Gasteiger partial charge on any atom is 0.410 e. The first-order valence-electron chi connectivity index (χ1n) is 7.28. The summed E-state index contributed by atoms with van der Waals surface area (Å²) >= 11 is 3.26. The Morgan fingerprint density at radius 1 is 1.59 bits per heavy atom. The fourth-order valence-electron chi connectivity index (χ4n) is 2.33. The molecule has 1 saturated heterocycles. The second kappa shape index (κ2) is 6.68. The van der Waals surface area contributed by atoms with Gasteiger partial charge >= 0.3 is 6.09 Å². The summed E-state index contributed by atoms with van der Waals surface area (Å²) in [5.41, 5.74) is 5.30. The summed E-state index contributed by atoms with van der Waals surface area (Å²) in [4.78, 5) is 22.3. The van der Waals surface area contributed by atoms with Gasteiger partial charge in [-0.15, -0.1) is 0 Å². The quantitative estimate of drug-likeness (QED) is 0.847. The molecule has 0 radical (unpaired) electrons. The van der Waals surface area contributed by atoms with E-state index < -0.39 is 5.60 Å². The van der Waals surface area contributed by atoms with E-state index in [-0.39, 0.29) is 12.1 Å². The van der Waals surface area contributed by atoms with Gasteiger partial charge in [-0.2, -0.15) is 0 Å². The van der Waals surface area contributed by atoms with Gasteiger partial charge in [-0.3, -0.25) is 0 Å². The Bertz CT molecular complexity index is 547. The van der Waals surface area contributed by atoms with E-state index in [1.165, 1.54) is 0 Å². The van der Waals surface area contributed by atoms with Crippen LogP contribution in [0.5, 0.6) is 0 Å². The molecule has 1 amide bonds. The zero-order valence-corrected chi connectivity index (χ0v) is 14.7. The van der Waals surface area contributed by atoms with Crippen LogP contribution in [0.3, 0.4) is 0 Å². The highest BCUT2D eigenvalue weighted by atomic mass is 79.9. The lowest BCUT2D eigenvalue weighted by Crippen LogP contribution is -2.42. The lowest BCUT2D eigenvalue weighted by atomic mass is 10.2. The van der Waals surface area contributed by atoms with E-state index in [1.54, 1.807) is 11.1 Å². The van der Waals surface area contributed by atoms with Gasteiger partial charge in [0.1, 0.15) is 10.2 Å². The van der Waals surface area contributed by atoms with Gasteiger partial charge in [-0.1, -0.05) is 0 Å². The molecule has 3 N–H and O–H groups in total. The molecule has 8 heteroatoms. The molecule has 1 aromatic heterocycles. The van der Waals surface area contributed by atoms with Crippen LogP contribution in [0, 0.1) is 0 Å². The zero-order valence-electron chi connectivity index (χ0n) is 13.1. The Kier molecular flexibility index (Phi) is 5.10. The van der Waals surface area contributed by atoms with Gasteiger partial charge in [0.2, 0.25) is 0 Å². The predicted molar refractivity (Wildman–Crippen MR) is 88.6 cm³/mol. The number of carbonyl (C=O) groups excluding carboxylic acids is 1. The molecule has 1 aliphatic heterocycles. The topological polar surface area (TPSA) is 93.4 Å². The number of amides is 1. The highest BCUT2D eigenvalue weighted by molar-refractivity contribution is 9.10. The molecule has 0 bridgehead atoms. The highest BCUT2D eigenvalue weighted by Crippen LogP contribution is 2.22. The van der Waals surface area contributed by atoms with Crippen LogP contribution in [-0.4, -0.2) is 45.7 Å². The summed E-state index contributed by atoms with van der Waals surface area (Å²) in [5.74, 6) is 0.857. The fraction of sp³-hybridized carbons (Fsp3) is 0.643. The number of hydrogen-bond acceptors (Lipinski definition) is 6. The fourth-order valence-corrected chi connectivity index (χ4v) is 2.61. The summed E-state index contributed by atoms with van der Waals surface area (Å²) < 4.78 is 6.06. The van der Waals surface area contributed by atoms with Gasteiger partial charge in [0.25, 0.3) is 0 Å². The number of halogens is 1. The molecule has 0 aromatic carbocycles. The summed E-state index contributed by atoms with van der Waals surface area (Å²) in [6.45, 7) is 6.87. The van der Waals surface area contributed by atoms with Crippen LogP contribution in [0.4, 0.5) is 16.4 Å². The van der Waals surface area contributed by atoms with Crippen molar-refractivity contribution in [2.75, 3.05) is 24.1 Å². The van der Waals surface area contributed by atoms with Crippen LogP contribution in [0.1, 0.15) is 33.6 Å². The minimum atomic E-state index is -0.488. The number of ether oxygens (including phenoxy) is 1. The molecule has 0 saturated carbocycles. The average molecular weight is 372 g/mol. The monoisotopic (exact) mass is 371 g/mol. The highest BCUT2D eigenvalue weighted by Gasteiger charge is 2.32. The third-order valence-electron chi connectivity index (χ3n) is 3.28. The van der Waals surface area contributed by atoms with Crippen molar-refractivity contribution < 1.29 is 9.53 Å². The molecule has 1 fully saturated rings. The molecule has 1 aromatic rings. The second-order valence-electron chi connectivity index (χ2n) is 6.28. The molecule has 22 heavy (non-hydrogen) atoms. The maximum atomic E-state index is 12.2. The standard InChI is InChI=1S/C14H22BrN5O2/c1-14(2,3)22-13(21)20-6-4-5-9(20)7-18-12-11(16)17-8-10(15)19-12/h8-9H,4-7H2,1-3H3,(H2,16,17)(H,18,19). The van der Waals surface area contributed by atoms with Crippen molar-refractivity contribution in [3.8, 4) is 0 Å². The number of nitrogen functional groups attached to an aromatic ring is 1. The summed E-state index contributed by atoms with van der Waals surface area (Å²) in [7, 11) is 0. The molecule has 0 spiro atoms. The van der Waals surface area contributed by atoms with Crippen molar-refractivity contribution in [1.29, 1.82) is 0 Å². The average Bonchev–Trinajstić information content (AvgIpc) is 2.86. The summed E-state index contributed by atoms with van der Waals surface area (Å²) in [6.07, 6.45) is 3.16. The number of nitrogens with zero attached hydrogens (tertiary/aromatic N) is 3. The smallest absolute Gasteiger partial charge is 0.410 e. The lowest BCUT2D eigenvalue weighted by molar-refractivity contribution is 0.0235. The van der Waals surface area contributed by atoms with Gasteiger partial charge in [0, 0.05) is 13.1 Å². The third kappa shape index (κ3) is 4.46. The predicted octanol–water partition coefficient (Wildman–Crippen LogP) is 2.63. The molecule has 0 aliphatic carbocycles. The van der Waals surface area contributed by atoms with Gasteiger partial charge < -0.3 is 20.7 Å².